The Morgan fingerprint density at radius 1 is 1.14 bits per heavy atom. The van der Waals surface area contributed by atoms with Crippen LogP contribution in [0.1, 0.15) is 5.56 Å². The van der Waals surface area contributed by atoms with Crippen molar-refractivity contribution in [3.8, 4) is 5.75 Å². The Labute approximate surface area is 123 Å². The Morgan fingerprint density at radius 2 is 1.81 bits per heavy atom. The highest BCUT2D eigenvalue weighted by Crippen LogP contribution is 2.19. The monoisotopic (exact) mass is 289 g/mol. The molecule has 0 saturated carbocycles. The summed E-state index contributed by atoms with van der Waals surface area (Å²) in [6.45, 7) is 0.520. The van der Waals surface area contributed by atoms with Gasteiger partial charge in [-0.05, 0) is 35.9 Å². The molecule has 0 unspecified atom stereocenters. The molecule has 0 aromatic heterocycles. The van der Waals surface area contributed by atoms with E-state index >= 15 is 0 Å². The molecule has 0 aliphatic heterocycles. The average Bonchev–Trinajstić information content (AvgIpc) is 2.49. The van der Waals surface area contributed by atoms with Crippen LogP contribution in [-0.4, -0.2) is 31.3 Å². The number of ether oxygens (including phenoxy) is 1. The van der Waals surface area contributed by atoms with E-state index in [0.29, 0.717) is 6.54 Å². The number of hydrogen-bond donors (Lipinski definition) is 2. The number of methoxy groups -OCH3 is 1. The average molecular weight is 289 g/mol. The Hall–Kier alpha value is -2.05. The van der Waals surface area contributed by atoms with E-state index in [1.807, 2.05) is 36.2 Å². The van der Waals surface area contributed by atoms with E-state index in [0.717, 1.165) is 17.0 Å². The minimum atomic E-state index is -1.81. The fourth-order valence-corrected chi connectivity index (χ4v) is 2.09. The van der Waals surface area contributed by atoms with E-state index < -0.39 is 12.9 Å². The third kappa shape index (κ3) is 3.74. The molecule has 0 aliphatic rings. The van der Waals surface area contributed by atoms with E-state index in [2.05, 4.69) is 0 Å². The largest absolute Gasteiger partial charge is 0.497 e. The molecule has 21 heavy (non-hydrogen) atoms. The molecule has 6 heteroatoms. The second-order valence-corrected chi connectivity index (χ2v) is 4.78. The molecule has 2 N–H and O–H groups in total. The molecule has 2 aromatic rings. The van der Waals surface area contributed by atoms with Crippen molar-refractivity contribution in [3.05, 3.63) is 53.8 Å². The van der Waals surface area contributed by atoms with Crippen LogP contribution in [0.3, 0.4) is 0 Å². The molecule has 110 valence electrons. The summed E-state index contributed by atoms with van der Waals surface area (Å²) < 4.78 is 18.5. The Morgan fingerprint density at radius 3 is 2.38 bits per heavy atom. The fourth-order valence-electron chi connectivity index (χ4n) is 2.09. The number of anilines is 1. The lowest BCUT2D eigenvalue weighted by Crippen LogP contribution is -2.33. The van der Waals surface area contributed by atoms with E-state index in [1.165, 1.54) is 12.1 Å². The van der Waals surface area contributed by atoms with Crippen molar-refractivity contribution in [1.29, 1.82) is 0 Å². The molecular formula is C15H17BFNO3. The zero-order valence-electron chi connectivity index (χ0n) is 12.0. The predicted molar refractivity (Wildman–Crippen MR) is 81.3 cm³/mol. The minimum absolute atomic E-state index is 0.115. The molecule has 4 nitrogen and oxygen atoms in total. The third-order valence-electron chi connectivity index (χ3n) is 3.27. The summed E-state index contributed by atoms with van der Waals surface area (Å²) in [5, 5.41) is 18.3. The van der Waals surface area contributed by atoms with Gasteiger partial charge in [-0.15, -0.1) is 0 Å². The molecule has 0 spiro atoms. The molecule has 0 fully saturated rings. The van der Waals surface area contributed by atoms with E-state index in [-0.39, 0.29) is 5.46 Å². The van der Waals surface area contributed by atoms with Gasteiger partial charge >= 0.3 is 7.12 Å². The van der Waals surface area contributed by atoms with Gasteiger partial charge in [0.25, 0.3) is 0 Å². The lowest BCUT2D eigenvalue weighted by atomic mass is 9.79. The molecule has 0 amide bonds. The SMILES string of the molecule is COc1ccc(N(C)Cc2ccc(F)c(B(O)O)c2)cc1. The third-order valence-corrected chi connectivity index (χ3v) is 3.27. The number of halogens is 1. The minimum Gasteiger partial charge on any atom is -0.497 e. The van der Waals surface area contributed by atoms with Gasteiger partial charge in [0.1, 0.15) is 11.6 Å². The summed E-state index contributed by atoms with van der Waals surface area (Å²) >= 11 is 0. The molecule has 0 heterocycles. The van der Waals surface area contributed by atoms with Crippen LogP contribution in [0.5, 0.6) is 5.75 Å². The van der Waals surface area contributed by atoms with Gasteiger partial charge in [-0.25, -0.2) is 4.39 Å². The maximum absolute atomic E-state index is 13.4. The summed E-state index contributed by atoms with van der Waals surface area (Å²) in [6.07, 6.45) is 0. The Bertz CT molecular complexity index is 604. The van der Waals surface area contributed by atoms with Gasteiger partial charge in [0.15, 0.2) is 0 Å². The maximum Gasteiger partial charge on any atom is 0.491 e. The van der Waals surface area contributed by atoms with E-state index in [4.69, 9.17) is 14.8 Å². The Kier molecular flexibility index (Phi) is 4.83. The fraction of sp³-hybridized carbons (Fsp3) is 0.200. The molecular weight excluding hydrogens is 272 g/mol. The second-order valence-electron chi connectivity index (χ2n) is 4.78. The van der Waals surface area contributed by atoms with Crippen molar-refractivity contribution in [2.45, 2.75) is 6.54 Å². The van der Waals surface area contributed by atoms with Gasteiger partial charge in [0.2, 0.25) is 0 Å². The first-order chi connectivity index (χ1) is 10.0. The van der Waals surface area contributed by atoms with Crippen LogP contribution in [0.2, 0.25) is 0 Å². The van der Waals surface area contributed by atoms with Gasteiger partial charge in [-0.3, -0.25) is 0 Å². The van der Waals surface area contributed by atoms with Crippen LogP contribution in [-0.2, 0) is 6.54 Å². The van der Waals surface area contributed by atoms with Crippen LogP contribution < -0.4 is 15.1 Å². The standard InChI is InChI=1S/C15H17BFNO3/c1-18(12-4-6-13(21-2)7-5-12)10-11-3-8-15(17)14(9-11)16(19)20/h3-9,19-20H,10H2,1-2H3. The van der Waals surface area contributed by atoms with Crippen molar-refractivity contribution < 1.29 is 19.2 Å². The summed E-state index contributed by atoms with van der Waals surface area (Å²) in [4.78, 5) is 1.97. The van der Waals surface area contributed by atoms with Gasteiger partial charge in [0, 0.05) is 24.7 Å². The lowest BCUT2D eigenvalue weighted by molar-refractivity contribution is 0.415. The molecule has 0 saturated heterocycles. The Balaban J connectivity index is 2.14. The highest BCUT2D eigenvalue weighted by Gasteiger charge is 2.17. The van der Waals surface area contributed by atoms with Crippen LogP contribution in [0.15, 0.2) is 42.5 Å². The predicted octanol–water partition coefficient (Wildman–Crippen LogP) is 1.15. The summed E-state index contributed by atoms with van der Waals surface area (Å²) in [5.74, 6) is 0.153. The summed E-state index contributed by atoms with van der Waals surface area (Å²) in [5.41, 5.74) is 1.65. The number of benzene rings is 2. The molecule has 0 aliphatic carbocycles. The van der Waals surface area contributed by atoms with Crippen LogP contribution in [0, 0.1) is 5.82 Å². The van der Waals surface area contributed by atoms with Crippen molar-refractivity contribution in [1.82, 2.24) is 0 Å². The molecule has 2 rings (SSSR count). The normalized spacial score (nSPS) is 10.3. The number of hydrogen-bond acceptors (Lipinski definition) is 4. The zero-order chi connectivity index (χ0) is 15.4. The van der Waals surface area contributed by atoms with Gasteiger partial charge < -0.3 is 19.7 Å². The first-order valence-corrected chi connectivity index (χ1v) is 6.51. The summed E-state index contributed by atoms with van der Waals surface area (Å²) in [6, 6.07) is 11.9. The van der Waals surface area contributed by atoms with E-state index in [9.17, 15) is 4.39 Å². The van der Waals surface area contributed by atoms with Crippen molar-refractivity contribution >= 4 is 18.3 Å². The molecule has 2 aromatic carbocycles. The quantitative estimate of drug-likeness (QED) is 0.811. The second kappa shape index (κ2) is 6.60. The molecule has 0 bridgehead atoms. The zero-order valence-corrected chi connectivity index (χ0v) is 12.0. The number of nitrogens with zero attached hydrogens (tertiary/aromatic N) is 1. The number of rotatable bonds is 5. The first kappa shape index (κ1) is 15.3. The van der Waals surface area contributed by atoms with E-state index in [1.54, 1.807) is 13.2 Å². The topological polar surface area (TPSA) is 52.9 Å². The van der Waals surface area contributed by atoms with Crippen molar-refractivity contribution in [3.63, 3.8) is 0 Å². The van der Waals surface area contributed by atoms with Gasteiger partial charge in [0.05, 0.1) is 7.11 Å². The van der Waals surface area contributed by atoms with Crippen LogP contribution in [0.4, 0.5) is 10.1 Å². The maximum atomic E-state index is 13.4. The highest BCUT2D eigenvalue weighted by molar-refractivity contribution is 6.58. The molecule has 0 atom stereocenters. The van der Waals surface area contributed by atoms with Crippen molar-refractivity contribution in [2.75, 3.05) is 19.1 Å². The lowest BCUT2D eigenvalue weighted by Gasteiger charge is -2.20. The molecule has 0 radical (unpaired) electrons. The van der Waals surface area contributed by atoms with Gasteiger partial charge in [-0.1, -0.05) is 12.1 Å². The summed E-state index contributed by atoms with van der Waals surface area (Å²) in [7, 11) is 1.70. The smallest absolute Gasteiger partial charge is 0.491 e. The van der Waals surface area contributed by atoms with Crippen LogP contribution >= 0.6 is 0 Å². The van der Waals surface area contributed by atoms with Crippen molar-refractivity contribution in [2.24, 2.45) is 0 Å². The van der Waals surface area contributed by atoms with Gasteiger partial charge in [-0.2, -0.15) is 0 Å². The highest BCUT2D eigenvalue weighted by atomic mass is 19.1. The first-order valence-electron chi connectivity index (χ1n) is 6.51. The van der Waals surface area contributed by atoms with Crippen LogP contribution in [0.25, 0.3) is 0 Å².